The topological polar surface area (TPSA) is 50.4 Å². The van der Waals surface area contributed by atoms with E-state index in [1.165, 1.54) is 0 Å². The predicted octanol–water partition coefficient (Wildman–Crippen LogP) is 2.25. The zero-order chi connectivity index (χ0) is 13.4. The molecular weight excluding hydrogens is 287 g/mol. The molecule has 6 heteroatoms. The number of benzene rings is 1. The smallest absolute Gasteiger partial charge is 0.260 e. The molecule has 108 valence electrons. The number of halogens is 2. The van der Waals surface area contributed by atoms with Crippen LogP contribution in [0.4, 0.5) is 0 Å². The molecule has 0 aliphatic rings. The molecule has 19 heavy (non-hydrogen) atoms. The lowest BCUT2D eigenvalue weighted by Gasteiger charge is -2.15. The summed E-state index contributed by atoms with van der Waals surface area (Å²) < 4.78 is 5.50. The quantitative estimate of drug-likeness (QED) is 0.760. The number of carbonyl (C=O) groups excluding carboxylic acids is 1. The summed E-state index contributed by atoms with van der Waals surface area (Å²) in [6.07, 6.45) is -0.563. The van der Waals surface area contributed by atoms with Crippen molar-refractivity contribution >= 4 is 29.9 Å². The first kappa shape index (κ1) is 18.0. The van der Waals surface area contributed by atoms with Crippen LogP contribution in [0, 0.1) is 0 Å². The van der Waals surface area contributed by atoms with Crippen molar-refractivity contribution in [1.29, 1.82) is 0 Å². The number of para-hydroxylation sites is 1. The van der Waals surface area contributed by atoms with Gasteiger partial charge in [-0.3, -0.25) is 4.79 Å². The number of likely N-dealkylation sites (N-methyl/N-ethyl adjacent to an activating group) is 1. The van der Waals surface area contributed by atoms with Gasteiger partial charge in [-0.25, -0.2) is 0 Å². The van der Waals surface area contributed by atoms with Crippen molar-refractivity contribution in [2.24, 2.45) is 0 Å². The van der Waals surface area contributed by atoms with Crippen molar-refractivity contribution in [3.63, 3.8) is 0 Å². The van der Waals surface area contributed by atoms with Gasteiger partial charge in [-0.1, -0.05) is 30.7 Å². The van der Waals surface area contributed by atoms with Gasteiger partial charge in [-0.2, -0.15) is 0 Å². The Kier molecular flexibility index (Phi) is 9.39. The second-order valence-electron chi connectivity index (χ2n) is 3.84. The fourth-order valence-electron chi connectivity index (χ4n) is 1.38. The van der Waals surface area contributed by atoms with Gasteiger partial charge < -0.3 is 15.4 Å². The van der Waals surface area contributed by atoms with Gasteiger partial charge in [0.1, 0.15) is 5.75 Å². The summed E-state index contributed by atoms with van der Waals surface area (Å²) in [5.41, 5.74) is 0. The Morgan fingerprint density at radius 3 is 2.68 bits per heavy atom. The van der Waals surface area contributed by atoms with E-state index in [-0.39, 0.29) is 18.3 Å². The van der Waals surface area contributed by atoms with Crippen LogP contribution in [0.1, 0.15) is 13.8 Å². The van der Waals surface area contributed by atoms with Crippen LogP contribution >= 0.6 is 24.0 Å². The maximum Gasteiger partial charge on any atom is 0.260 e. The van der Waals surface area contributed by atoms with Crippen LogP contribution in [0.15, 0.2) is 24.3 Å². The molecule has 1 rings (SSSR count). The van der Waals surface area contributed by atoms with Crippen LogP contribution in [0.3, 0.4) is 0 Å². The molecule has 1 amide bonds. The van der Waals surface area contributed by atoms with E-state index in [9.17, 15) is 4.79 Å². The molecule has 1 aromatic rings. The fraction of sp³-hybridized carbons (Fsp3) is 0.462. The number of hydrogen-bond acceptors (Lipinski definition) is 3. The van der Waals surface area contributed by atoms with E-state index in [1.54, 1.807) is 19.1 Å². The highest BCUT2D eigenvalue weighted by atomic mass is 35.5. The molecule has 0 saturated heterocycles. The standard InChI is InChI=1S/C13H19ClN2O2.ClH/c1-3-15-8-9-16-13(17)10(2)18-12-7-5-4-6-11(12)14;/h4-7,10,15H,3,8-9H2,1-2H3,(H,16,17);1H. The SMILES string of the molecule is CCNCCNC(=O)C(C)Oc1ccccc1Cl.Cl. The second kappa shape index (κ2) is 9.89. The van der Waals surface area contributed by atoms with E-state index in [2.05, 4.69) is 10.6 Å². The first-order chi connectivity index (χ1) is 8.65. The summed E-state index contributed by atoms with van der Waals surface area (Å²) in [6.45, 7) is 5.95. The number of rotatable bonds is 7. The highest BCUT2D eigenvalue weighted by Gasteiger charge is 2.14. The van der Waals surface area contributed by atoms with Crippen LogP contribution in [0.25, 0.3) is 0 Å². The van der Waals surface area contributed by atoms with Gasteiger partial charge >= 0.3 is 0 Å². The molecular formula is C13H20Cl2N2O2. The van der Waals surface area contributed by atoms with Crippen molar-refractivity contribution in [1.82, 2.24) is 10.6 Å². The summed E-state index contributed by atoms with van der Waals surface area (Å²) in [5.74, 6) is 0.376. The summed E-state index contributed by atoms with van der Waals surface area (Å²) in [6, 6.07) is 7.10. The van der Waals surface area contributed by atoms with Gasteiger partial charge in [0.2, 0.25) is 0 Å². The largest absolute Gasteiger partial charge is 0.479 e. The fourth-order valence-corrected chi connectivity index (χ4v) is 1.56. The van der Waals surface area contributed by atoms with E-state index in [0.29, 0.717) is 17.3 Å². The molecule has 1 unspecified atom stereocenters. The molecule has 0 aliphatic heterocycles. The average Bonchev–Trinajstić information content (AvgIpc) is 2.37. The number of nitrogens with one attached hydrogen (secondary N) is 2. The zero-order valence-corrected chi connectivity index (χ0v) is 12.7. The Morgan fingerprint density at radius 2 is 2.05 bits per heavy atom. The molecule has 0 radical (unpaired) electrons. The third-order valence-corrected chi connectivity index (χ3v) is 2.67. The molecule has 4 nitrogen and oxygen atoms in total. The molecule has 0 saturated carbocycles. The van der Waals surface area contributed by atoms with Crippen LogP contribution in [-0.2, 0) is 4.79 Å². The maximum atomic E-state index is 11.7. The lowest BCUT2D eigenvalue weighted by Crippen LogP contribution is -2.39. The first-order valence-electron chi connectivity index (χ1n) is 6.04. The van der Waals surface area contributed by atoms with E-state index >= 15 is 0 Å². The highest BCUT2D eigenvalue weighted by molar-refractivity contribution is 6.32. The van der Waals surface area contributed by atoms with Crippen LogP contribution < -0.4 is 15.4 Å². The van der Waals surface area contributed by atoms with Gasteiger partial charge in [0.15, 0.2) is 6.10 Å². The summed E-state index contributed by atoms with van der Waals surface area (Å²) in [4.78, 5) is 11.7. The van der Waals surface area contributed by atoms with Crippen molar-refractivity contribution in [2.45, 2.75) is 20.0 Å². The summed E-state index contributed by atoms with van der Waals surface area (Å²) in [5, 5.41) is 6.42. The molecule has 0 fully saturated rings. The Morgan fingerprint density at radius 1 is 1.37 bits per heavy atom. The van der Waals surface area contributed by atoms with Crippen molar-refractivity contribution < 1.29 is 9.53 Å². The zero-order valence-electron chi connectivity index (χ0n) is 11.1. The van der Waals surface area contributed by atoms with Crippen molar-refractivity contribution in [3.05, 3.63) is 29.3 Å². The van der Waals surface area contributed by atoms with E-state index < -0.39 is 6.10 Å². The average molecular weight is 307 g/mol. The van der Waals surface area contributed by atoms with E-state index in [4.69, 9.17) is 16.3 Å². The summed E-state index contributed by atoms with van der Waals surface area (Å²) >= 11 is 5.95. The van der Waals surface area contributed by atoms with E-state index in [0.717, 1.165) is 13.1 Å². The van der Waals surface area contributed by atoms with Gasteiger partial charge in [-0.05, 0) is 25.6 Å². The highest BCUT2D eigenvalue weighted by Crippen LogP contribution is 2.24. The van der Waals surface area contributed by atoms with Gasteiger partial charge in [0, 0.05) is 13.1 Å². The minimum atomic E-state index is -0.563. The molecule has 0 spiro atoms. The molecule has 1 aromatic carbocycles. The molecule has 0 heterocycles. The normalized spacial score (nSPS) is 11.3. The number of ether oxygens (including phenoxy) is 1. The number of hydrogen-bond donors (Lipinski definition) is 2. The molecule has 1 atom stereocenters. The molecule has 2 N–H and O–H groups in total. The van der Waals surface area contributed by atoms with Crippen molar-refractivity contribution in [3.8, 4) is 5.75 Å². The monoisotopic (exact) mass is 306 g/mol. The number of amides is 1. The second-order valence-corrected chi connectivity index (χ2v) is 4.24. The first-order valence-corrected chi connectivity index (χ1v) is 6.42. The van der Waals surface area contributed by atoms with Crippen LogP contribution in [0.5, 0.6) is 5.75 Å². The molecule has 0 bridgehead atoms. The van der Waals surface area contributed by atoms with Crippen LogP contribution in [0.2, 0.25) is 5.02 Å². The van der Waals surface area contributed by atoms with Gasteiger partial charge in [0.05, 0.1) is 5.02 Å². The molecule has 0 aromatic heterocycles. The van der Waals surface area contributed by atoms with Gasteiger partial charge in [0.25, 0.3) is 5.91 Å². The number of carbonyl (C=O) groups is 1. The Balaban J connectivity index is 0.00000324. The van der Waals surface area contributed by atoms with Crippen LogP contribution in [-0.4, -0.2) is 31.6 Å². The van der Waals surface area contributed by atoms with E-state index in [1.807, 2.05) is 19.1 Å². The summed E-state index contributed by atoms with van der Waals surface area (Å²) in [7, 11) is 0. The van der Waals surface area contributed by atoms with Crippen molar-refractivity contribution in [2.75, 3.05) is 19.6 Å². The third kappa shape index (κ3) is 6.66. The Hall–Kier alpha value is -0.970. The third-order valence-electron chi connectivity index (χ3n) is 2.36. The minimum Gasteiger partial charge on any atom is -0.479 e. The minimum absolute atomic E-state index is 0. The maximum absolute atomic E-state index is 11.7. The predicted molar refractivity (Wildman–Crippen MR) is 80.3 cm³/mol. The Bertz CT molecular complexity index is 389. The lowest BCUT2D eigenvalue weighted by atomic mass is 10.3. The van der Waals surface area contributed by atoms with Gasteiger partial charge in [-0.15, -0.1) is 12.4 Å². The molecule has 0 aliphatic carbocycles. The lowest BCUT2D eigenvalue weighted by molar-refractivity contribution is -0.127. The Labute approximate surface area is 125 Å².